The molecule has 0 saturated heterocycles. The Morgan fingerprint density at radius 2 is 2.04 bits per heavy atom. The molecule has 1 N–H and O–H groups in total. The van der Waals surface area contributed by atoms with Crippen molar-refractivity contribution < 1.29 is 14.3 Å². The molecule has 0 amide bonds. The van der Waals surface area contributed by atoms with Crippen molar-refractivity contribution in [3.05, 3.63) is 82.8 Å². The van der Waals surface area contributed by atoms with E-state index in [1.165, 1.54) is 0 Å². The van der Waals surface area contributed by atoms with Gasteiger partial charge in [0.05, 0.1) is 18.0 Å². The third-order valence-electron chi connectivity index (χ3n) is 4.72. The molecule has 0 fully saturated rings. The summed E-state index contributed by atoms with van der Waals surface area (Å²) in [5.74, 6) is 1.69. The standard InChI is InChI=1S/C20H15ClN2O3/c21-13-6-7-18-15(10-13)17-11-16(12-3-1-4-14(24)9-12)22-23(17)20(26-18)19-5-2-8-25-19/h1-10,17,20,24H,11H2/t17-,20-/m1/s1. The number of furan rings is 1. The molecule has 5 nitrogen and oxygen atoms in total. The molecule has 2 atom stereocenters. The molecule has 2 aliphatic rings. The van der Waals surface area contributed by atoms with Crippen molar-refractivity contribution in [1.29, 1.82) is 0 Å². The number of phenolic OH excluding ortho intramolecular Hbond substituents is 1. The second-order valence-corrected chi connectivity index (χ2v) is 6.80. The number of aromatic hydroxyl groups is 1. The van der Waals surface area contributed by atoms with Gasteiger partial charge in [0.2, 0.25) is 6.23 Å². The Bertz CT molecular complexity index is 1000. The summed E-state index contributed by atoms with van der Waals surface area (Å²) in [5, 5.41) is 17.2. The highest BCUT2D eigenvalue weighted by atomic mass is 35.5. The molecule has 0 aliphatic carbocycles. The molecule has 3 aromatic rings. The SMILES string of the molecule is Oc1cccc(C2=NN3[C@H](C2)c2cc(Cl)ccc2O[C@@H]3c2ccco2)c1. The summed E-state index contributed by atoms with van der Waals surface area (Å²) in [4.78, 5) is 0. The first-order valence-corrected chi connectivity index (χ1v) is 8.71. The first-order valence-electron chi connectivity index (χ1n) is 8.34. The van der Waals surface area contributed by atoms with Crippen LogP contribution in [0, 0.1) is 0 Å². The van der Waals surface area contributed by atoms with E-state index in [1.54, 1.807) is 18.4 Å². The molecule has 130 valence electrons. The summed E-state index contributed by atoms with van der Waals surface area (Å²) in [5.41, 5.74) is 2.78. The van der Waals surface area contributed by atoms with Gasteiger partial charge in [0.15, 0.2) is 5.76 Å². The molecule has 0 spiro atoms. The Morgan fingerprint density at radius 1 is 1.12 bits per heavy atom. The van der Waals surface area contributed by atoms with Gasteiger partial charge in [0, 0.05) is 22.6 Å². The van der Waals surface area contributed by atoms with Crippen molar-refractivity contribution in [1.82, 2.24) is 5.01 Å². The molecule has 2 aliphatic heterocycles. The van der Waals surface area contributed by atoms with Crippen LogP contribution in [0.1, 0.15) is 35.6 Å². The number of fused-ring (bicyclic) bond motifs is 3. The number of nitrogens with zero attached hydrogens (tertiary/aromatic N) is 2. The van der Waals surface area contributed by atoms with Crippen molar-refractivity contribution >= 4 is 17.3 Å². The molecule has 5 rings (SSSR count). The van der Waals surface area contributed by atoms with Gasteiger partial charge in [-0.25, -0.2) is 5.01 Å². The topological polar surface area (TPSA) is 58.2 Å². The van der Waals surface area contributed by atoms with Crippen LogP contribution < -0.4 is 4.74 Å². The smallest absolute Gasteiger partial charge is 0.246 e. The van der Waals surface area contributed by atoms with Crippen LogP contribution in [-0.2, 0) is 0 Å². The van der Waals surface area contributed by atoms with Gasteiger partial charge in [-0.1, -0.05) is 23.7 Å². The molecule has 2 aromatic carbocycles. The van der Waals surface area contributed by atoms with Crippen LogP contribution in [0.2, 0.25) is 5.02 Å². The van der Waals surface area contributed by atoms with Gasteiger partial charge in [0.1, 0.15) is 11.5 Å². The molecule has 26 heavy (non-hydrogen) atoms. The Hall–Kier alpha value is -2.92. The summed E-state index contributed by atoms with van der Waals surface area (Å²) in [7, 11) is 0. The van der Waals surface area contributed by atoms with E-state index >= 15 is 0 Å². The Balaban J connectivity index is 1.61. The van der Waals surface area contributed by atoms with E-state index in [0.29, 0.717) is 17.2 Å². The Morgan fingerprint density at radius 3 is 2.85 bits per heavy atom. The summed E-state index contributed by atoms with van der Waals surface area (Å²) < 4.78 is 11.7. The van der Waals surface area contributed by atoms with E-state index in [4.69, 9.17) is 25.9 Å². The van der Waals surface area contributed by atoms with Crippen LogP contribution in [0.15, 0.2) is 70.4 Å². The molecular formula is C20H15ClN2O3. The highest BCUT2D eigenvalue weighted by Gasteiger charge is 2.42. The average molecular weight is 367 g/mol. The number of phenols is 1. The lowest BCUT2D eigenvalue weighted by atomic mass is 9.96. The lowest BCUT2D eigenvalue weighted by Gasteiger charge is -2.36. The monoisotopic (exact) mass is 366 g/mol. The second-order valence-electron chi connectivity index (χ2n) is 6.36. The van der Waals surface area contributed by atoms with Crippen LogP contribution in [-0.4, -0.2) is 15.8 Å². The maximum atomic E-state index is 9.80. The number of hydrogen-bond donors (Lipinski definition) is 1. The molecule has 0 saturated carbocycles. The highest BCUT2D eigenvalue weighted by molar-refractivity contribution is 6.30. The highest BCUT2D eigenvalue weighted by Crippen LogP contribution is 2.48. The zero-order valence-electron chi connectivity index (χ0n) is 13.7. The van der Waals surface area contributed by atoms with E-state index in [9.17, 15) is 5.11 Å². The molecule has 0 radical (unpaired) electrons. The third kappa shape index (κ3) is 2.44. The number of hydrazone groups is 1. The van der Waals surface area contributed by atoms with Crippen LogP contribution in [0.25, 0.3) is 0 Å². The van der Waals surface area contributed by atoms with E-state index in [0.717, 1.165) is 22.6 Å². The van der Waals surface area contributed by atoms with Crippen LogP contribution in [0.5, 0.6) is 11.5 Å². The number of halogens is 1. The van der Waals surface area contributed by atoms with E-state index in [1.807, 2.05) is 47.5 Å². The molecule has 1 aromatic heterocycles. The molecule has 0 unspecified atom stereocenters. The summed E-state index contributed by atoms with van der Waals surface area (Å²) >= 11 is 6.21. The van der Waals surface area contributed by atoms with Crippen LogP contribution >= 0.6 is 11.6 Å². The zero-order valence-corrected chi connectivity index (χ0v) is 14.4. The first kappa shape index (κ1) is 15.3. The van der Waals surface area contributed by atoms with Crippen LogP contribution in [0.3, 0.4) is 0 Å². The van der Waals surface area contributed by atoms with Gasteiger partial charge in [-0.2, -0.15) is 5.10 Å². The molecule has 6 heteroatoms. The van der Waals surface area contributed by atoms with Crippen molar-refractivity contribution in [3.63, 3.8) is 0 Å². The van der Waals surface area contributed by atoms with Gasteiger partial charge >= 0.3 is 0 Å². The van der Waals surface area contributed by atoms with Gasteiger partial charge in [-0.05, 0) is 42.5 Å². The summed E-state index contributed by atoms with van der Waals surface area (Å²) in [6.07, 6.45) is 1.87. The van der Waals surface area contributed by atoms with Crippen molar-refractivity contribution in [3.8, 4) is 11.5 Å². The zero-order chi connectivity index (χ0) is 17.7. The van der Waals surface area contributed by atoms with Gasteiger partial charge in [-0.3, -0.25) is 0 Å². The minimum atomic E-state index is -0.446. The fourth-order valence-corrected chi connectivity index (χ4v) is 3.72. The Labute approximate surface area is 155 Å². The average Bonchev–Trinajstić information content (AvgIpc) is 3.31. The first-order chi connectivity index (χ1) is 12.7. The quantitative estimate of drug-likeness (QED) is 0.702. The largest absolute Gasteiger partial charge is 0.508 e. The van der Waals surface area contributed by atoms with E-state index in [2.05, 4.69) is 0 Å². The normalized spacial score (nSPS) is 21.0. The summed E-state index contributed by atoms with van der Waals surface area (Å²) in [6, 6.07) is 16.5. The fraction of sp³-hybridized carbons (Fsp3) is 0.150. The number of ether oxygens (including phenoxy) is 1. The lowest BCUT2D eigenvalue weighted by Crippen LogP contribution is -2.33. The van der Waals surface area contributed by atoms with Crippen molar-refractivity contribution in [2.45, 2.75) is 18.7 Å². The maximum absolute atomic E-state index is 9.80. The number of rotatable bonds is 2. The number of benzene rings is 2. The fourth-order valence-electron chi connectivity index (χ4n) is 3.54. The molecular weight excluding hydrogens is 352 g/mol. The van der Waals surface area contributed by atoms with Crippen LogP contribution in [0.4, 0.5) is 0 Å². The maximum Gasteiger partial charge on any atom is 0.246 e. The van der Waals surface area contributed by atoms with Gasteiger partial charge in [0.25, 0.3) is 0 Å². The van der Waals surface area contributed by atoms with Crippen molar-refractivity contribution in [2.75, 3.05) is 0 Å². The predicted octanol–water partition coefficient (Wildman–Crippen LogP) is 4.88. The van der Waals surface area contributed by atoms with E-state index in [-0.39, 0.29) is 11.8 Å². The Kier molecular flexibility index (Phi) is 3.43. The van der Waals surface area contributed by atoms with Gasteiger partial charge < -0.3 is 14.3 Å². The van der Waals surface area contributed by atoms with Gasteiger partial charge in [-0.15, -0.1) is 0 Å². The minimum absolute atomic E-state index is 0.00935. The summed E-state index contributed by atoms with van der Waals surface area (Å²) in [6.45, 7) is 0. The second kappa shape index (κ2) is 5.81. The predicted molar refractivity (Wildman–Crippen MR) is 97.4 cm³/mol. The van der Waals surface area contributed by atoms with Crippen molar-refractivity contribution in [2.24, 2.45) is 5.10 Å². The third-order valence-corrected chi connectivity index (χ3v) is 4.95. The number of hydrogen-bond acceptors (Lipinski definition) is 5. The minimum Gasteiger partial charge on any atom is -0.508 e. The van der Waals surface area contributed by atoms with E-state index < -0.39 is 6.23 Å². The molecule has 3 heterocycles. The molecule has 0 bridgehead atoms. The lowest BCUT2D eigenvalue weighted by molar-refractivity contribution is -0.0325.